The minimum absolute atomic E-state index is 0.257. The Kier molecular flexibility index (Phi) is 5.07. The van der Waals surface area contributed by atoms with E-state index in [1.165, 1.54) is 6.07 Å². The Bertz CT molecular complexity index is 947. The lowest BCUT2D eigenvalue weighted by Gasteiger charge is -2.12. The van der Waals surface area contributed by atoms with Crippen molar-refractivity contribution >= 4 is 11.6 Å². The van der Waals surface area contributed by atoms with Gasteiger partial charge in [-0.2, -0.15) is 0 Å². The van der Waals surface area contributed by atoms with Crippen LogP contribution in [-0.2, 0) is 0 Å². The highest BCUT2D eigenvalue weighted by Gasteiger charge is 2.19. The van der Waals surface area contributed by atoms with Crippen LogP contribution in [0.15, 0.2) is 54.6 Å². The van der Waals surface area contributed by atoms with E-state index >= 15 is 0 Å². The number of carbonyl (C=O) groups is 1. The van der Waals surface area contributed by atoms with Crippen LogP contribution in [0.2, 0.25) is 0 Å². The lowest BCUT2D eigenvalue weighted by Crippen LogP contribution is -2.14. The average molecular weight is 352 g/mol. The van der Waals surface area contributed by atoms with Gasteiger partial charge in [0.15, 0.2) is 0 Å². The molecular weight excluding hydrogens is 331 g/mol. The Labute approximate surface area is 152 Å². The topological polar surface area (TPSA) is 43.3 Å². The number of para-hydroxylation sites is 3. The second-order valence-corrected chi connectivity index (χ2v) is 5.95. The maximum Gasteiger partial charge on any atom is 0.257 e. The van der Waals surface area contributed by atoms with Crippen molar-refractivity contribution in [2.45, 2.75) is 20.8 Å². The first-order valence-electron chi connectivity index (χ1n) is 8.50. The molecule has 1 heterocycles. The van der Waals surface area contributed by atoms with Crippen molar-refractivity contribution < 1.29 is 13.9 Å². The van der Waals surface area contributed by atoms with Crippen LogP contribution in [0.3, 0.4) is 0 Å². The number of nitrogens with zero attached hydrogens (tertiary/aromatic N) is 1. The maximum atomic E-state index is 14.2. The summed E-state index contributed by atoms with van der Waals surface area (Å²) in [5.74, 6) is 0.0297. The molecule has 0 saturated carbocycles. The standard InChI is InChI=1S/C21H21FN2O2/c1-4-26-20-12-8-6-10-18(20)23-21(25)16-13-14(2)24(15(16)3)19-11-7-5-9-17(19)22/h5-13H,4H2,1-3H3,(H,23,25). The molecule has 0 aliphatic carbocycles. The second kappa shape index (κ2) is 7.44. The fourth-order valence-electron chi connectivity index (χ4n) is 3.04. The van der Waals surface area contributed by atoms with E-state index in [1.807, 2.05) is 39.0 Å². The van der Waals surface area contributed by atoms with Gasteiger partial charge >= 0.3 is 0 Å². The van der Waals surface area contributed by atoms with Crippen LogP contribution in [0.4, 0.5) is 10.1 Å². The summed E-state index contributed by atoms with van der Waals surface area (Å²) < 4.78 is 21.5. The number of benzene rings is 2. The van der Waals surface area contributed by atoms with Gasteiger partial charge in [-0.1, -0.05) is 24.3 Å². The van der Waals surface area contributed by atoms with Gasteiger partial charge in [0.1, 0.15) is 11.6 Å². The number of hydrogen-bond donors (Lipinski definition) is 1. The average Bonchev–Trinajstić information content (AvgIpc) is 2.92. The van der Waals surface area contributed by atoms with Gasteiger partial charge in [0.2, 0.25) is 0 Å². The molecule has 0 spiro atoms. The van der Waals surface area contributed by atoms with E-state index in [0.717, 1.165) is 5.69 Å². The Balaban J connectivity index is 1.95. The smallest absolute Gasteiger partial charge is 0.257 e. The summed E-state index contributed by atoms with van der Waals surface area (Å²) in [6.45, 7) is 6.06. The van der Waals surface area contributed by atoms with Crippen molar-refractivity contribution in [3.8, 4) is 11.4 Å². The molecule has 4 nitrogen and oxygen atoms in total. The third kappa shape index (κ3) is 3.33. The van der Waals surface area contributed by atoms with Crippen LogP contribution in [0.25, 0.3) is 5.69 Å². The zero-order valence-corrected chi connectivity index (χ0v) is 15.0. The van der Waals surface area contributed by atoms with Crippen LogP contribution < -0.4 is 10.1 Å². The molecule has 26 heavy (non-hydrogen) atoms. The highest BCUT2D eigenvalue weighted by atomic mass is 19.1. The molecule has 1 N–H and O–H groups in total. The number of rotatable bonds is 5. The quantitative estimate of drug-likeness (QED) is 0.711. The maximum absolute atomic E-state index is 14.2. The van der Waals surface area contributed by atoms with Gasteiger partial charge in [0.25, 0.3) is 5.91 Å². The van der Waals surface area contributed by atoms with Crippen molar-refractivity contribution in [3.05, 3.63) is 77.4 Å². The summed E-state index contributed by atoms with van der Waals surface area (Å²) >= 11 is 0. The number of aryl methyl sites for hydroxylation is 1. The van der Waals surface area contributed by atoms with E-state index in [4.69, 9.17) is 4.74 Å². The summed E-state index contributed by atoms with van der Waals surface area (Å²) in [6.07, 6.45) is 0. The number of carbonyl (C=O) groups excluding carboxylic acids is 1. The molecule has 3 rings (SSSR count). The number of ether oxygens (including phenoxy) is 1. The number of nitrogens with one attached hydrogen (secondary N) is 1. The van der Waals surface area contributed by atoms with E-state index in [9.17, 15) is 9.18 Å². The number of halogens is 1. The first kappa shape index (κ1) is 17.7. The van der Waals surface area contributed by atoms with E-state index in [-0.39, 0.29) is 11.7 Å². The van der Waals surface area contributed by atoms with Gasteiger partial charge in [0.05, 0.1) is 23.5 Å². The van der Waals surface area contributed by atoms with Crippen molar-refractivity contribution in [2.75, 3.05) is 11.9 Å². The zero-order valence-electron chi connectivity index (χ0n) is 15.0. The Hall–Kier alpha value is -3.08. The largest absolute Gasteiger partial charge is 0.492 e. The first-order valence-corrected chi connectivity index (χ1v) is 8.50. The minimum atomic E-state index is -0.331. The fraction of sp³-hybridized carbons (Fsp3) is 0.190. The predicted molar refractivity (Wildman–Crippen MR) is 101 cm³/mol. The Morgan fingerprint density at radius 2 is 1.81 bits per heavy atom. The van der Waals surface area contributed by atoms with Crippen LogP contribution >= 0.6 is 0 Å². The van der Waals surface area contributed by atoms with Crippen molar-refractivity contribution in [2.24, 2.45) is 0 Å². The molecule has 0 fully saturated rings. The molecule has 0 aliphatic heterocycles. The van der Waals surface area contributed by atoms with Crippen molar-refractivity contribution in [1.29, 1.82) is 0 Å². The van der Waals surface area contributed by atoms with Gasteiger partial charge < -0.3 is 14.6 Å². The van der Waals surface area contributed by atoms with E-state index in [1.54, 1.807) is 34.9 Å². The van der Waals surface area contributed by atoms with Crippen molar-refractivity contribution in [1.82, 2.24) is 4.57 Å². The van der Waals surface area contributed by atoms with Gasteiger partial charge in [-0.25, -0.2) is 4.39 Å². The molecular formula is C21H21FN2O2. The molecule has 1 amide bonds. The van der Waals surface area contributed by atoms with Crippen LogP contribution in [0.5, 0.6) is 5.75 Å². The third-order valence-electron chi connectivity index (χ3n) is 4.20. The third-order valence-corrected chi connectivity index (χ3v) is 4.20. The van der Waals surface area contributed by atoms with Gasteiger partial charge in [-0.05, 0) is 51.1 Å². The number of amides is 1. The van der Waals surface area contributed by atoms with Gasteiger partial charge in [-0.3, -0.25) is 4.79 Å². The van der Waals surface area contributed by atoms with Crippen molar-refractivity contribution in [3.63, 3.8) is 0 Å². The van der Waals surface area contributed by atoms with Crippen LogP contribution in [0, 0.1) is 19.7 Å². The number of aromatic nitrogens is 1. The predicted octanol–water partition coefficient (Wildman–Crippen LogP) is 4.88. The summed E-state index contributed by atoms with van der Waals surface area (Å²) in [7, 11) is 0. The summed E-state index contributed by atoms with van der Waals surface area (Å²) in [5.41, 5.74) is 3.00. The lowest BCUT2D eigenvalue weighted by atomic mass is 10.2. The van der Waals surface area contributed by atoms with Crippen LogP contribution in [0.1, 0.15) is 28.7 Å². The van der Waals surface area contributed by atoms with E-state index in [2.05, 4.69) is 5.32 Å². The number of anilines is 1. The molecule has 134 valence electrons. The SMILES string of the molecule is CCOc1ccccc1NC(=O)c1cc(C)n(-c2ccccc2F)c1C. The van der Waals surface area contributed by atoms with Gasteiger partial charge in [0, 0.05) is 11.4 Å². The second-order valence-electron chi connectivity index (χ2n) is 5.95. The number of hydrogen-bond acceptors (Lipinski definition) is 2. The summed E-state index contributed by atoms with van der Waals surface area (Å²) in [6, 6.07) is 15.6. The summed E-state index contributed by atoms with van der Waals surface area (Å²) in [4.78, 5) is 12.8. The Morgan fingerprint density at radius 3 is 2.54 bits per heavy atom. The minimum Gasteiger partial charge on any atom is -0.492 e. The highest BCUT2D eigenvalue weighted by molar-refractivity contribution is 6.06. The highest BCUT2D eigenvalue weighted by Crippen LogP contribution is 2.27. The monoisotopic (exact) mass is 352 g/mol. The molecule has 0 unspecified atom stereocenters. The molecule has 0 bridgehead atoms. The molecule has 0 radical (unpaired) electrons. The normalized spacial score (nSPS) is 10.6. The molecule has 0 aliphatic rings. The van der Waals surface area contributed by atoms with Gasteiger partial charge in [-0.15, -0.1) is 0 Å². The molecule has 5 heteroatoms. The lowest BCUT2D eigenvalue weighted by molar-refractivity contribution is 0.102. The van der Waals surface area contributed by atoms with Crippen LogP contribution in [-0.4, -0.2) is 17.1 Å². The van der Waals surface area contributed by atoms with E-state index in [0.29, 0.717) is 35.0 Å². The summed E-state index contributed by atoms with van der Waals surface area (Å²) in [5, 5.41) is 2.89. The molecule has 1 aromatic heterocycles. The first-order chi connectivity index (χ1) is 12.5. The zero-order chi connectivity index (χ0) is 18.7. The molecule has 0 atom stereocenters. The fourth-order valence-corrected chi connectivity index (χ4v) is 3.04. The van der Waals surface area contributed by atoms with E-state index < -0.39 is 0 Å². The molecule has 2 aromatic carbocycles. The molecule has 3 aromatic rings. The Morgan fingerprint density at radius 1 is 1.12 bits per heavy atom. The molecule has 0 saturated heterocycles.